The average molecular weight is 305 g/mol. The summed E-state index contributed by atoms with van der Waals surface area (Å²) in [5, 5.41) is 3.46. The van der Waals surface area contributed by atoms with E-state index >= 15 is 0 Å². The summed E-state index contributed by atoms with van der Waals surface area (Å²) in [7, 11) is 0. The number of aromatic nitrogens is 1. The molecule has 0 bridgehead atoms. The molecule has 3 nitrogen and oxygen atoms in total. The molecule has 1 atom stereocenters. The Morgan fingerprint density at radius 3 is 2.94 bits per heavy atom. The molecule has 1 N–H and O–H groups in total. The van der Waals surface area contributed by atoms with Crippen LogP contribution in [0.3, 0.4) is 0 Å². The van der Waals surface area contributed by atoms with Crippen LogP contribution in [0, 0.1) is 0 Å². The molecule has 0 amide bonds. The summed E-state index contributed by atoms with van der Waals surface area (Å²) >= 11 is 3.33. The number of nitrogens with zero attached hydrogens (tertiary/aromatic N) is 1. The van der Waals surface area contributed by atoms with Gasteiger partial charge in [0.15, 0.2) is 0 Å². The van der Waals surface area contributed by atoms with Gasteiger partial charge in [0, 0.05) is 0 Å². The van der Waals surface area contributed by atoms with E-state index in [0.717, 1.165) is 10.3 Å². The Morgan fingerprint density at radius 1 is 1.22 bits per heavy atom. The molecular weight excluding hydrogens is 292 g/mol. The molecule has 2 aromatic rings. The first-order valence-corrected chi connectivity index (χ1v) is 6.66. The predicted octanol–water partition coefficient (Wildman–Crippen LogP) is 3.53. The maximum Gasteiger partial charge on any atom is 0.106 e. The Morgan fingerprint density at radius 2 is 2.11 bits per heavy atom. The lowest BCUT2D eigenvalue weighted by Gasteiger charge is -2.27. The first-order chi connectivity index (χ1) is 8.83. The summed E-state index contributed by atoms with van der Waals surface area (Å²) in [5.74, 6) is 0. The first-order valence-electron chi connectivity index (χ1n) is 5.86. The second-order valence-corrected chi connectivity index (χ2v) is 5.09. The molecule has 1 unspecified atom stereocenters. The standard InChI is InChI=1S/C14H13BrN2O/c15-14-6-5-11(7-16-14)17-13-9-18-8-10-3-1-2-4-12(10)13/h1-7,13,17H,8-9H2. The summed E-state index contributed by atoms with van der Waals surface area (Å²) in [6.07, 6.45) is 1.82. The van der Waals surface area contributed by atoms with Crippen LogP contribution in [-0.4, -0.2) is 11.6 Å². The summed E-state index contributed by atoms with van der Waals surface area (Å²) in [6, 6.07) is 12.5. The molecular formula is C14H13BrN2O. The lowest BCUT2D eigenvalue weighted by molar-refractivity contribution is 0.0970. The maximum absolute atomic E-state index is 5.61. The van der Waals surface area contributed by atoms with Gasteiger partial charge in [0.25, 0.3) is 0 Å². The Bertz CT molecular complexity index is 542. The van der Waals surface area contributed by atoms with Crippen LogP contribution in [0.5, 0.6) is 0 Å². The van der Waals surface area contributed by atoms with Crippen molar-refractivity contribution in [2.75, 3.05) is 11.9 Å². The van der Waals surface area contributed by atoms with Crippen molar-refractivity contribution in [3.05, 3.63) is 58.3 Å². The Kier molecular flexibility index (Phi) is 3.30. The number of fused-ring (bicyclic) bond motifs is 1. The molecule has 0 fully saturated rings. The van der Waals surface area contributed by atoms with Gasteiger partial charge in [-0.15, -0.1) is 0 Å². The fourth-order valence-electron chi connectivity index (χ4n) is 2.16. The van der Waals surface area contributed by atoms with Gasteiger partial charge < -0.3 is 10.1 Å². The molecule has 0 aliphatic carbocycles. The van der Waals surface area contributed by atoms with E-state index in [2.05, 4.69) is 44.4 Å². The van der Waals surface area contributed by atoms with Gasteiger partial charge in [-0.2, -0.15) is 0 Å². The van der Waals surface area contributed by atoms with Crippen molar-refractivity contribution < 1.29 is 4.74 Å². The molecule has 92 valence electrons. The molecule has 2 heterocycles. The first kappa shape index (κ1) is 11.7. The van der Waals surface area contributed by atoms with Gasteiger partial charge in [0.05, 0.1) is 31.1 Å². The van der Waals surface area contributed by atoms with Gasteiger partial charge >= 0.3 is 0 Å². The lowest BCUT2D eigenvalue weighted by atomic mass is 9.99. The molecule has 0 saturated heterocycles. The normalized spacial score (nSPS) is 18.2. The van der Waals surface area contributed by atoms with E-state index in [1.165, 1.54) is 11.1 Å². The van der Waals surface area contributed by atoms with Gasteiger partial charge in [0.1, 0.15) is 4.60 Å². The molecule has 1 aromatic carbocycles. The van der Waals surface area contributed by atoms with E-state index in [-0.39, 0.29) is 6.04 Å². The summed E-state index contributed by atoms with van der Waals surface area (Å²) in [5.41, 5.74) is 3.57. The van der Waals surface area contributed by atoms with Crippen molar-refractivity contribution in [3.63, 3.8) is 0 Å². The van der Waals surface area contributed by atoms with E-state index in [4.69, 9.17) is 4.74 Å². The van der Waals surface area contributed by atoms with Crippen molar-refractivity contribution >= 4 is 21.6 Å². The Labute approximate surface area is 114 Å². The number of pyridine rings is 1. The van der Waals surface area contributed by atoms with E-state index in [1.54, 1.807) is 0 Å². The number of nitrogens with one attached hydrogen (secondary N) is 1. The average Bonchev–Trinajstić information content (AvgIpc) is 2.42. The number of benzene rings is 1. The quantitative estimate of drug-likeness (QED) is 0.862. The van der Waals surface area contributed by atoms with Crippen molar-refractivity contribution in [1.82, 2.24) is 4.98 Å². The van der Waals surface area contributed by atoms with E-state index in [0.29, 0.717) is 13.2 Å². The van der Waals surface area contributed by atoms with Crippen LogP contribution >= 0.6 is 15.9 Å². The SMILES string of the molecule is Brc1ccc(NC2COCc3ccccc32)cn1. The molecule has 0 saturated carbocycles. The summed E-state index contributed by atoms with van der Waals surface area (Å²) in [4.78, 5) is 4.21. The number of ether oxygens (including phenoxy) is 1. The second kappa shape index (κ2) is 5.08. The number of hydrogen-bond acceptors (Lipinski definition) is 3. The van der Waals surface area contributed by atoms with Crippen LogP contribution in [0.1, 0.15) is 17.2 Å². The smallest absolute Gasteiger partial charge is 0.106 e. The highest BCUT2D eigenvalue weighted by atomic mass is 79.9. The van der Waals surface area contributed by atoms with E-state index < -0.39 is 0 Å². The second-order valence-electron chi connectivity index (χ2n) is 4.28. The minimum atomic E-state index is 0.193. The molecule has 0 radical (unpaired) electrons. The number of anilines is 1. The number of hydrogen-bond donors (Lipinski definition) is 1. The van der Waals surface area contributed by atoms with Gasteiger partial charge in [-0.05, 0) is 39.2 Å². The Hall–Kier alpha value is -1.39. The zero-order valence-corrected chi connectivity index (χ0v) is 11.4. The van der Waals surface area contributed by atoms with Crippen molar-refractivity contribution in [2.24, 2.45) is 0 Å². The fourth-order valence-corrected chi connectivity index (χ4v) is 2.40. The molecule has 1 aromatic heterocycles. The molecule has 1 aliphatic rings. The third kappa shape index (κ3) is 2.40. The highest BCUT2D eigenvalue weighted by molar-refractivity contribution is 9.10. The van der Waals surface area contributed by atoms with Crippen LogP contribution in [0.15, 0.2) is 47.2 Å². The summed E-state index contributed by atoms with van der Waals surface area (Å²) in [6.45, 7) is 1.39. The third-order valence-corrected chi connectivity index (χ3v) is 3.51. The minimum absolute atomic E-state index is 0.193. The van der Waals surface area contributed by atoms with Crippen LogP contribution in [-0.2, 0) is 11.3 Å². The number of halogens is 1. The van der Waals surface area contributed by atoms with E-state index in [9.17, 15) is 0 Å². The topological polar surface area (TPSA) is 34.1 Å². The fraction of sp³-hybridized carbons (Fsp3) is 0.214. The van der Waals surface area contributed by atoms with Gasteiger partial charge in [-0.3, -0.25) is 0 Å². The largest absolute Gasteiger partial charge is 0.375 e. The third-order valence-electron chi connectivity index (χ3n) is 3.04. The Balaban J connectivity index is 1.84. The van der Waals surface area contributed by atoms with Crippen molar-refractivity contribution in [1.29, 1.82) is 0 Å². The molecule has 18 heavy (non-hydrogen) atoms. The van der Waals surface area contributed by atoms with Crippen LogP contribution in [0.2, 0.25) is 0 Å². The molecule has 1 aliphatic heterocycles. The summed E-state index contributed by atoms with van der Waals surface area (Å²) < 4.78 is 6.45. The van der Waals surface area contributed by atoms with Crippen molar-refractivity contribution in [2.45, 2.75) is 12.6 Å². The minimum Gasteiger partial charge on any atom is -0.375 e. The maximum atomic E-state index is 5.61. The molecule has 0 spiro atoms. The van der Waals surface area contributed by atoms with Crippen LogP contribution < -0.4 is 5.32 Å². The zero-order chi connectivity index (χ0) is 12.4. The van der Waals surface area contributed by atoms with Gasteiger partial charge in [0.2, 0.25) is 0 Å². The van der Waals surface area contributed by atoms with Crippen LogP contribution in [0.4, 0.5) is 5.69 Å². The predicted molar refractivity (Wildman–Crippen MR) is 74.4 cm³/mol. The highest BCUT2D eigenvalue weighted by Crippen LogP contribution is 2.27. The van der Waals surface area contributed by atoms with E-state index in [1.807, 2.05) is 24.4 Å². The zero-order valence-electron chi connectivity index (χ0n) is 9.77. The monoisotopic (exact) mass is 304 g/mol. The number of rotatable bonds is 2. The highest BCUT2D eigenvalue weighted by Gasteiger charge is 2.19. The molecule has 4 heteroatoms. The van der Waals surface area contributed by atoms with Crippen molar-refractivity contribution in [3.8, 4) is 0 Å². The van der Waals surface area contributed by atoms with Gasteiger partial charge in [-0.25, -0.2) is 4.98 Å². The van der Waals surface area contributed by atoms with Gasteiger partial charge in [-0.1, -0.05) is 24.3 Å². The lowest BCUT2D eigenvalue weighted by Crippen LogP contribution is -2.23. The van der Waals surface area contributed by atoms with Crippen LogP contribution in [0.25, 0.3) is 0 Å². The molecule has 3 rings (SSSR count).